The van der Waals surface area contributed by atoms with Crippen LogP contribution in [0, 0.1) is 0 Å². The summed E-state index contributed by atoms with van der Waals surface area (Å²) in [7, 11) is 0. The molecule has 0 aliphatic carbocycles. The van der Waals surface area contributed by atoms with Gasteiger partial charge in [0.2, 0.25) is 0 Å². The number of hydrogen-bond acceptors (Lipinski definition) is 2. The van der Waals surface area contributed by atoms with E-state index in [1.54, 1.807) is 0 Å². The lowest BCUT2D eigenvalue weighted by Crippen LogP contribution is -2.42. The Balaban J connectivity index is 1.69. The van der Waals surface area contributed by atoms with Crippen LogP contribution < -0.4 is 10.6 Å². The van der Waals surface area contributed by atoms with E-state index in [4.69, 9.17) is 0 Å². The average Bonchev–Trinajstić information content (AvgIpc) is 2.70. The van der Waals surface area contributed by atoms with Crippen LogP contribution in [0.15, 0.2) is 24.3 Å². The van der Waals surface area contributed by atoms with Crippen LogP contribution in [0.25, 0.3) is 0 Å². The van der Waals surface area contributed by atoms with Crippen LogP contribution in [0.5, 0.6) is 0 Å². The molecule has 0 saturated carbocycles. The molecule has 0 atom stereocenters. The van der Waals surface area contributed by atoms with E-state index in [-0.39, 0.29) is 12.1 Å². The highest BCUT2D eigenvalue weighted by Crippen LogP contribution is 2.21. The Morgan fingerprint density at radius 3 is 2.44 bits per heavy atom. The van der Waals surface area contributed by atoms with Gasteiger partial charge in [-0.1, -0.05) is 24.3 Å². The summed E-state index contributed by atoms with van der Waals surface area (Å²) in [5.41, 5.74) is 2.81. The molecule has 98 valence electrons. The molecule has 0 radical (unpaired) electrons. The molecule has 2 rings (SSSR count). The number of nitrogens with zero attached hydrogens (tertiary/aromatic N) is 1. The zero-order chi connectivity index (χ0) is 13.0. The highest BCUT2D eigenvalue weighted by Gasteiger charge is 2.17. The van der Waals surface area contributed by atoms with E-state index in [9.17, 15) is 4.79 Å². The summed E-state index contributed by atoms with van der Waals surface area (Å²) in [4.78, 5) is 13.8. The lowest BCUT2D eigenvalue weighted by molar-refractivity contribution is 0.233. The Labute approximate surface area is 108 Å². The normalized spacial score (nSPS) is 14.6. The van der Waals surface area contributed by atoms with Gasteiger partial charge in [-0.3, -0.25) is 4.90 Å². The fourth-order valence-corrected chi connectivity index (χ4v) is 2.20. The van der Waals surface area contributed by atoms with Gasteiger partial charge in [0.15, 0.2) is 0 Å². The topological polar surface area (TPSA) is 44.4 Å². The van der Waals surface area contributed by atoms with Gasteiger partial charge in [-0.25, -0.2) is 4.79 Å². The maximum Gasteiger partial charge on any atom is 0.315 e. The van der Waals surface area contributed by atoms with Crippen molar-refractivity contribution in [1.82, 2.24) is 15.5 Å². The van der Waals surface area contributed by atoms with Crippen molar-refractivity contribution in [2.75, 3.05) is 13.1 Å². The second kappa shape index (κ2) is 5.87. The first-order chi connectivity index (χ1) is 8.65. The molecule has 2 N–H and O–H groups in total. The van der Waals surface area contributed by atoms with Gasteiger partial charge in [-0.15, -0.1) is 0 Å². The molecule has 0 saturated heterocycles. The molecular weight excluding hydrogens is 226 g/mol. The summed E-state index contributed by atoms with van der Waals surface area (Å²) in [6.45, 7) is 7.47. The van der Waals surface area contributed by atoms with Gasteiger partial charge in [0.25, 0.3) is 0 Å². The lowest BCUT2D eigenvalue weighted by Gasteiger charge is -2.16. The van der Waals surface area contributed by atoms with Crippen LogP contribution >= 0.6 is 0 Å². The van der Waals surface area contributed by atoms with Crippen LogP contribution in [0.1, 0.15) is 25.0 Å². The predicted octanol–water partition coefficient (Wildman–Crippen LogP) is 1.71. The van der Waals surface area contributed by atoms with Crippen molar-refractivity contribution in [2.24, 2.45) is 0 Å². The molecule has 1 aromatic rings. The molecule has 1 heterocycles. The molecule has 2 amide bonds. The third-order valence-electron chi connectivity index (χ3n) is 3.04. The predicted molar refractivity (Wildman–Crippen MR) is 72.2 cm³/mol. The largest absolute Gasteiger partial charge is 0.337 e. The van der Waals surface area contributed by atoms with Gasteiger partial charge in [-0.2, -0.15) is 0 Å². The molecular formula is C14H21N3O. The highest BCUT2D eigenvalue weighted by molar-refractivity contribution is 5.74. The zero-order valence-corrected chi connectivity index (χ0v) is 11.1. The molecule has 4 nitrogen and oxygen atoms in total. The lowest BCUT2D eigenvalue weighted by atomic mass is 10.1. The Bertz CT molecular complexity index is 392. The van der Waals surface area contributed by atoms with Gasteiger partial charge < -0.3 is 10.6 Å². The van der Waals surface area contributed by atoms with Crippen molar-refractivity contribution >= 4 is 6.03 Å². The number of nitrogens with one attached hydrogen (secondary N) is 2. The number of fused-ring (bicyclic) bond motifs is 1. The van der Waals surface area contributed by atoms with Crippen molar-refractivity contribution in [3.8, 4) is 0 Å². The Kier molecular flexibility index (Phi) is 4.20. The average molecular weight is 247 g/mol. The van der Waals surface area contributed by atoms with E-state index in [0.29, 0.717) is 6.54 Å². The number of rotatable bonds is 4. The molecule has 0 aromatic heterocycles. The van der Waals surface area contributed by atoms with Crippen molar-refractivity contribution in [3.05, 3.63) is 35.4 Å². The van der Waals surface area contributed by atoms with E-state index in [2.05, 4.69) is 39.8 Å². The van der Waals surface area contributed by atoms with Crippen molar-refractivity contribution < 1.29 is 4.79 Å². The molecule has 0 spiro atoms. The van der Waals surface area contributed by atoms with Crippen LogP contribution in [-0.4, -0.2) is 30.1 Å². The molecule has 1 aromatic carbocycles. The van der Waals surface area contributed by atoms with E-state index in [1.165, 1.54) is 11.1 Å². The van der Waals surface area contributed by atoms with Gasteiger partial charge in [0.05, 0.1) is 0 Å². The van der Waals surface area contributed by atoms with Crippen LogP contribution in [-0.2, 0) is 13.1 Å². The number of carbonyl (C=O) groups excluding carboxylic acids is 1. The van der Waals surface area contributed by atoms with Crippen molar-refractivity contribution in [2.45, 2.75) is 33.0 Å². The summed E-state index contributed by atoms with van der Waals surface area (Å²) < 4.78 is 0. The number of benzene rings is 1. The van der Waals surface area contributed by atoms with Gasteiger partial charge in [0, 0.05) is 32.2 Å². The second-order valence-electron chi connectivity index (χ2n) is 5.03. The summed E-state index contributed by atoms with van der Waals surface area (Å²) in [6.07, 6.45) is 0. The minimum absolute atomic E-state index is 0.0817. The van der Waals surface area contributed by atoms with Crippen LogP contribution in [0.3, 0.4) is 0 Å². The standard InChI is InChI=1S/C14H21N3O/c1-11(2)16-14(18)15-7-8-17-9-12-5-3-4-6-13(12)10-17/h3-6,11H,7-10H2,1-2H3,(H2,15,16,18). The maximum atomic E-state index is 11.4. The molecule has 0 unspecified atom stereocenters. The monoisotopic (exact) mass is 247 g/mol. The molecule has 0 bridgehead atoms. The summed E-state index contributed by atoms with van der Waals surface area (Å²) in [5, 5.41) is 5.69. The van der Waals surface area contributed by atoms with E-state index >= 15 is 0 Å². The number of urea groups is 1. The minimum atomic E-state index is -0.0817. The fraction of sp³-hybridized carbons (Fsp3) is 0.500. The van der Waals surface area contributed by atoms with Crippen LogP contribution in [0.2, 0.25) is 0 Å². The first kappa shape index (κ1) is 12.9. The molecule has 4 heteroatoms. The van der Waals surface area contributed by atoms with Gasteiger partial charge in [0.1, 0.15) is 0 Å². The molecule has 0 fully saturated rings. The summed E-state index contributed by atoms with van der Waals surface area (Å²) in [5.74, 6) is 0. The first-order valence-electron chi connectivity index (χ1n) is 6.48. The second-order valence-corrected chi connectivity index (χ2v) is 5.03. The summed E-state index contributed by atoms with van der Waals surface area (Å²) >= 11 is 0. The van der Waals surface area contributed by atoms with Crippen LogP contribution in [0.4, 0.5) is 4.79 Å². The summed E-state index contributed by atoms with van der Waals surface area (Å²) in [6, 6.07) is 8.61. The molecule has 18 heavy (non-hydrogen) atoms. The van der Waals surface area contributed by atoms with Gasteiger partial charge >= 0.3 is 6.03 Å². The first-order valence-corrected chi connectivity index (χ1v) is 6.48. The Morgan fingerprint density at radius 2 is 1.89 bits per heavy atom. The molecule has 1 aliphatic rings. The van der Waals surface area contributed by atoms with Crippen molar-refractivity contribution in [3.63, 3.8) is 0 Å². The van der Waals surface area contributed by atoms with E-state index in [0.717, 1.165) is 19.6 Å². The minimum Gasteiger partial charge on any atom is -0.337 e. The van der Waals surface area contributed by atoms with E-state index in [1.807, 2.05) is 13.8 Å². The molecule has 1 aliphatic heterocycles. The highest BCUT2D eigenvalue weighted by atomic mass is 16.2. The maximum absolute atomic E-state index is 11.4. The third kappa shape index (κ3) is 3.47. The fourth-order valence-electron chi connectivity index (χ4n) is 2.20. The van der Waals surface area contributed by atoms with Gasteiger partial charge in [-0.05, 0) is 25.0 Å². The van der Waals surface area contributed by atoms with E-state index < -0.39 is 0 Å². The number of amides is 2. The number of carbonyl (C=O) groups is 1. The van der Waals surface area contributed by atoms with Crippen molar-refractivity contribution in [1.29, 1.82) is 0 Å². The quantitative estimate of drug-likeness (QED) is 0.850. The SMILES string of the molecule is CC(C)NC(=O)NCCN1Cc2ccccc2C1. The third-order valence-corrected chi connectivity index (χ3v) is 3.04. The number of hydrogen-bond donors (Lipinski definition) is 2. The zero-order valence-electron chi connectivity index (χ0n) is 11.1. The Hall–Kier alpha value is -1.55. The smallest absolute Gasteiger partial charge is 0.315 e. The Morgan fingerprint density at radius 1 is 1.28 bits per heavy atom.